The van der Waals surface area contributed by atoms with Crippen molar-refractivity contribution in [2.45, 2.75) is 25.7 Å². The molecule has 5 heterocycles. The summed E-state index contributed by atoms with van der Waals surface area (Å²) < 4.78 is 5.83. The van der Waals surface area contributed by atoms with Crippen LogP contribution >= 0.6 is 15.9 Å². The van der Waals surface area contributed by atoms with E-state index >= 15 is 0 Å². The highest BCUT2D eigenvalue weighted by Crippen LogP contribution is 2.34. The van der Waals surface area contributed by atoms with Crippen LogP contribution < -0.4 is 0 Å². The van der Waals surface area contributed by atoms with E-state index in [1.165, 1.54) is 7.11 Å². The Morgan fingerprint density at radius 2 is 1.65 bits per heavy atom. The normalized spacial score (nSPS) is 14.1. The van der Waals surface area contributed by atoms with Crippen LogP contribution in [0.1, 0.15) is 47.0 Å². The van der Waals surface area contributed by atoms with E-state index in [2.05, 4.69) is 64.0 Å². The average molecular weight is 553 g/mol. The van der Waals surface area contributed by atoms with E-state index in [1.54, 1.807) is 12.1 Å². The number of esters is 1. The Bertz CT molecular complexity index is 1740. The maximum Gasteiger partial charge on any atom is 0.337 e. The Morgan fingerprint density at radius 3 is 2.41 bits per heavy atom. The van der Waals surface area contributed by atoms with Gasteiger partial charge in [-0.2, -0.15) is 0 Å². The second-order valence-electron chi connectivity index (χ2n) is 9.99. The first-order chi connectivity index (χ1) is 17.8. The molecule has 4 aromatic rings. The van der Waals surface area contributed by atoms with Crippen molar-refractivity contribution in [1.29, 1.82) is 0 Å². The molecule has 1 aromatic carbocycles. The van der Waals surface area contributed by atoms with Crippen LogP contribution in [0, 0.1) is 0 Å². The van der Waals surface area contributed by atoms with Crippen molar-refractivity contribution in [2.75, 3.05) is 7.11 Å². The molecule has 2 aliphatic heterocycles. The van der Waals surface area contributed by atoms with E-state index in [1.807, 2.05) is 36.4 Å². The highest BCUT2D eigenvalue weighted by atomic mass is 79.9. The lowest BCUT2D eigenvalue weighted by Crippen LogP contribution is -2.15. The lowest BCUT2D eigenvalue weighted by Gasteiger charge is -2.15. The molecule has 0 atom stereocenters. The molecule has 2 aliphatic rings. The first-order valence-electron chi connectivity index (χ1n) is 12.1. The summed E-state index contributed by atoms with van der Waals surface area (Å²) in [7, 11) is 1.39. The van der Waals surface area contributed by atoms with Crippen LogP contribution in [0.2, 0.25) is 0 Å². The molecule has 0 spiro atoms. The van der Waals surface area contributed by atoms with Crippen LogP contribution in [-0.2, 0) is 16.6 Å². The molecule has 6 nitrogen and oxygen atoms in total. The van der Waals surface area contributed by atoms with Crippen molar-refractivity contribution >= 4 is 56.1 Å². The van der Waals surface area contributed by atoms with Crippen molar-refractivity contribution < 1.29 is 9.53 Å². The van der Waals surface area contributed by atoms with Gasteiger partial charge in [-0.3, -0.25) is 4.98 Å². The van der Waals surface area contributed by atoms with Crippen LogP contribution in [0.25, 0.3) is 45.3 Å². The summed E-state index contributed by atoms with van der Waals surface area (Å²) in [6, 6.07) is 19.9. The van der Waals surface area contributed by atoms with Gasteiger partial charge < -0.3 is 14.7 Å². The number of methoxy groups -OCH3 is 1. The summed E-state index contributed by atoms with van der Waals surface area (Å²) in [5.41, 5.74) is 9.96. The number of carbonyl (C=O) groups excluding carboxylic acids is 1. The Balaban J connectivity index is 1.67. The van der Waals surface area contributed by atoms with Crippen LogP contribution in [0.15, 0.2) is 65.1 Å². The zero-order chi connectivity index (χ0) is 25.7. The van der Waals surface area contributed by atoms with Crippen molar-refractivity contribution in [3.8, 4) is 11.1 Å². The topological polar surface area (TPSA) is 83.7 Å². The molecule has 3 aromatic heterocycles. The molecule has 184 valence electrons. The number of aromatic amines is 2. The predicted octanol–water partition coefficient (Wildman–Crippen LogP) is 7.22. The highest BCUT2D eigenvalue weighted by molar-refractivity contribution is 9.10. The monoisotopic (exact) mass is 552 g/mol. The average Bonchev–Trinajstić information content (AvgIpc) is 3.64. The lowest BCUT2D eigenvalue weighted by molar-refractivity contribution is 0.0600. The number of hydrogen-bond donors (Lipinski definition) is 2. The maximum absolute atomic E-state index is 12.0. The standard InChI is InChI=1S/C30H25BrN4O2/c1-30(2)16-22-13-25-23(31)15-26(35-25)28(17-4-6-18(7-5-17)29(36)37-3)24-11-10-20(33-24)12-19-8-9-21(32-19)14-27(30)34-22/h4-15,33,35H,16H2,1-3H3. The van der Waals surface area contributed by atoms with E-state index in [9.17, 15) is 4.79 Å². The molecule has 2 N–H and O–H groups in total. The number of nitrogens with one attached hydrogen (secondary N) is 2. The number of fused-ring (bicyclic) bond motifs is 8. The zero-order valence-corrected chi connectivity index (χ0v) is 22.3. The third-order valence-corrected chi connectivity index (χ3v) is 7.46. The summed E-state index contributed by atoms with van der Waals surface area (Å²) in [4.78, 5) is 28.9. The van der Waals surface area contributed by atoms with E-state index in [4.69, 9.17) is 14.7 Å². The Hall–Kier alpha value is -3.97. The van der Waals surface area contributed by atoms with E-state index in [0.717, 1.165) is 66.9 Å². The molecule has 0 saturated heterocycles. The number of aromatic nitrogens is 4. The second kappa shape index (κ2) is 8.85. The van der Waals surface area contributed by atoms with Gasteiger partial charge in [0.2, 0.25) is 0 Å². The SMILES string of the molecule is COC(=O)c1ccc(-c2c3ccc(cc4nc(cc5nc(cc6[nH]c2cc6Br)CC5(C)C)C=C4)[nH]3)cc1. The van der Waals surface area contributed by atoms with E-state index in [0.29, 0.717) is 5.56 Å². The Labute approximate surface area is 222 Å². The van der Waals surface area contributed by atoms with Crippen molar-refractivity contribution in [1.82, 2.24) is 19.9 Å². The van der Waals surface area contributed by atoms with Gasteiger partial charge in [-0.15, -0.1) is 0 Å². The summed E-state index contributed by atoms with van der Waals surface area (Å²) in [6.45, 7) is 4.43. The van der Waals surface area contributed by atoms with Gasteiger partial charge in [0.15, 0.2) is 0 Å². The van der Waals surface area contributed by atoms with Crippen LogP contribution in [-0.4, -0.2) is 33.0 Å². The van der Waals surface area contributed by atoms with Crippen LogP contribution in [0.5, 0.6) is 0 Å². The molecule has 0 aliphatic carbocycles. The summed E-state index contributed by atoms with van der Waals surface area (Å²) >= 11 is 3.75. The van der Waals surface area contributed by atoms with E-state index in [-0.39, 0.29) is 11.4 Å². The predicted molar refractivity (Wildman–Crippen MR) is 151 cm³/mol. The van der Waals surface area contributed by atoms with Gasteiger partial charge in [-0.05, 0) is 82.2 Å². The number of rotatable bonds is 2. The van der Waals surface area contributed by atoms with Crippen LogP contribution in [0.4, 0.5) is 0 Å². The molecular formula is C30H25BrN4O2. The molecule has 0 fully saturated rings. The number of carbonyl (C=O) groups is 1. The molecule has 0 unspecified atom stereocenters. The molecule has 0 amide bonds. The first-order valence-corrected chi connectivity index (χ1v) is 12.9. The van der Waals surface area contributed by atoms with Gasteiger partial charge in [0.25, 0.3) is 0 Å². The van der Waals surface area contributed by atoms with Gasteiger partial charge in [0.1, 0.15) is 0 Å². The fraction of sp³-hybridized carbons (Fsp3) is 0.167. The number of ether oxygens (including phenoxy) is 1. The van der Waals surface area contributed by atoms with Crippen molar-refractivity contribution in [2.24, 2.45) is 0 Å². The largest absolute Gasteiger partial charge is 0.465 e. The zero-order valence-electron chi connectivity index (χ0n) is 20.7. The molecule has 7 heteroatoms. The third-order valence-electron chi connectivity index (χ3n) is 6.80. The fourth-order valence-corrected chi connectivity index (χ4v) is 5.34. The van der Waals surface area contributed by atoms with Crippen molar-refractivity contribution in [3.05, 3.63) is 93.5 Å². The summed E-state index contributed by atoms with van der Waals surface area (Å²) in [5.74, 6) is -0.360. The Morgan fingerprint density at radius 1 is 0.892 bits per heavy atom. The third kappa shape index (κ3) is 4.40. The first kappa shape index (κ1) is 23.4. The number of hydrogen-bond acceptors (Lipinski definition) is 4. The van der Waals surface area contributed by atoms with Gasteiger partial charge >= 0.3 is 5.97 Å². The van der Waals surface area contributed by atoms with Gasteiger partial charge in [0.05, 0.1) is 29.6 Å². The second-order valence-corrected chi connectivity index (χ2v) is 10.8. The lowest BCUT2D eigenvalue weighted by atomic mass is 9.87. The summed E-state index contributed by atoms with van der Waals surface area (Å²) in [5, 5.41) is 0. The maximum atomic E-state index is 12.0. The minimum absolute atomic E-state index is 0.0862. The molecule has 37 heavy (non-hydrogen) atoms. The van der Waals surface area contributed by atoms with Crippen LogP contribution in [0.3, 0.4) is 0 Å². The minimum Gasteiger partial charge on any atom is -0.465 e. The summed E-state index contributed by atoms with van der Waals surface area (Å²) in [6.07, 6.45) is 4.89. The highest BCUT2D eigenvalue weighted by Gasteiger charge is 2.28. The van der Waals surface area contributed by atoms with E-state index < -0.39 is 0 Å². The molecular weight excluding hydrogens is 528 g/mol. The van der Waals surface area contributed by atoms with Gasteiger partial charge in [-0.1, -0.05) is 26.0 Å². The van der Waals surface area contributed by atoms with Gasteiger partial charge in [-0.25, -0.2) is 9.78 Å². The number of H-pyrrole nitrogens is 2. The smallest absolute Gasteiger partial charge is 0.337 e. The fourth-order valence-electron chi connectivity index (χ4n) is 4.89. The van der Waals surface area contributed by atoms with Crippen molar-refractivity contribution in [3.63, 3.8) is 0 Å². The Kier molecular flexibility index (Phi) is 5.60. The molecule has 8 bridgehead atoms. The number of nitrogens with zero attached hydrogens (tertiary/aromatic N) is 2. The molecule has 6 rings (SSSR count). The number of benzene rings is 1. The minimum atomic E-state index is -0.360. The number of halogens is 1. The molecule has 0 saturated carbocycles. The van der Waals surface area contributed by atoms with Gasteiger partial charge in [0, 0.05) is 49.8 Å². The quantitative estimate of drug-likeness (QED) is 0.226. The molecule has 0 radical (unpaired) electrons.